The average Bonchev–Trinajstić information content (AvgIpc) is 2.80. The number of nitrogens with two attached hydrogens (primary N) is 1. The first-order valence-corrected chi connectivity index (χ1v) is 12.3. The van der Waals surface area contributed by atoms with Crippen LogP contribution in [0.5, 0.6) is 0 Å². The van der Waals surface area contributed by atoms with Crippen LogP contribution in [0.25, 0.3) is 0 Å². The van der Waals surface area contributed by atoms with Gasteiger partial charge in [-0.25, -0.2) is 18.5 Å². The summed E-state index contributed by atoms with van der Waals surface area (Å²) in [5.74, 6) is 0.855. The first kappa shape index (κ1) is 23.0. The van der Waals surface area contributed by atoms with Gasteiger partial charge in [-0.3, -0.25) is 4.79 Å². The summed E-state index contributed by atoms with van der Waals surface area (Å²) < 4.78 is 23.2. The monoisotopic (exact) mass is 486 g/mol. The number of fused-ring (bicyclic) bond motifs is 1. The number of halogens is 1. The lowest BCUT2D eigenvalue weighted by atomic mass is 9.99. The zero-order chi connectivity index (χ0) is 23.6. The van der Waals surface area contributed by atoms with E-state index in [0.717, 1.165) is 23.2 Å². The van der Waals surface area contributed by atoms with Crippen LogP contribution in [0.4, 0.5) is 23.1 Å². The van der Waals surface area contributed by atoms with Crippen molar-refractivity contribution in [3.63, 3.8) is 0 Å². The zero-order valence-corrected chi connectivity index (χ0v) is 19.4. The minimum Gasteiger partial charge on any atom is -0.340 e. The molecule has 0 bridgehead atoms. The lowest BCUT2D eigenvalue weighted by molar-refractivity contribution is -0.129. The molecule has 0 fully saturated rings. The van der Waals surface area contributed by atoms with Gasteiger partial charge in [-0.1, -0.05) is 12.1 Å². The maximum absolute atomic E-state index is 11.9. The largest absolute Gasteiger partial charge is 0.340 e. The van der Waals surface area contributed by atoms with E-state index in [0.29, 0.717) is 30.5 Å². The molecule has 3 aromatic rings. The number of carbonyl (C=O) groups excluding carboxylic acids is 1. The number of anilines is 4. The quantitative estimate of drug-likeness (QED) is 0.456. The third kappa shape index (κ3) is 5.41. The highest BCUT2D eigenvalue weighted by Gasteiger charge is 2.20. The molecule has 0 unspecified atom stereocenters. The van der Waals surface area contributed by atoms with Gasteiger partial charge in [-0.15, -0.1) is 11.6 Å². The second-order valence-electron chi connectivity index (χ2n) is 7.73. The van der Waals surface area contributed by atoms with E-state index in [1.165, 1.54) is 17.7 Å². The molecule has 0 spiro atoms. The van der Waals surface area contributed by atoms with Gasteiger partial charge < -0.3 is 15.5 Å². The molecule has 0 atom stereocenters. The molecule has 33 heavy (non-hydrogen) atoms. The minimum atomic E-state index is -3.81. The van der Waals surface area contributed by atoms with Crippen molar-refractivity contribution < 1.29 is 13.2 Å². The van der Waals surface area contributed by atoms with Crippen LogP contribution in [-0.4, -0.2) is 41.6 Å². The Hall–Kier alpha value is -3.21. The van der Waals surface area contributed by atoms with Crippen LogP contribution < -0.4 is 15.8 Å². The van der Waals surface area contributed by atoms with Crippen LogP contribution >= 0.6 is 11.6 Å². The Morgan fingerprint density at radius 1 is 1.15 bits per heavy atom. The first-order chi connectivity index (χ1) is 15.7. The van der Waals surface area contributed by atoms with Crippen LogP contribution in [0.2, 0.25) is 0 Å². The molecule has 1 aliphatic rings. The van der Waals surface area contributed by atoms with Crippen LogP contribution in [0.15, 0.2) is 53.6 Å². The van der Waals surface area contributed by atoms with Crippen molar-refractivity contribution in [2.24, 2.45) is 5.14 Å². The fourth-order valence-electron chi connectivity index (χ4n) is 3.57. The molecule has 0 radical (unpaired) electrons. The average molecular weight is 487 g/mol. The van der Waals surface area contributed by atoms with E-state index in [9.17, 15) is 13.2 Å². The number of hydrogen-bond donors (Lipinski definition) is 3. The summed E-state index contributed by atoms with van der Waals surface area (Å²) in [4.78, 5) is 22.5. The van der Waals surface area contributed by atoms with Crippen molar-refractivity contribution in [3.8, 4) is 0 Å². The maximum Gasteiger partial charge on any atom is 0.238 e. The van der Waals surface area contributed by atoms with Gasteiger partial charge in [-0.05, 0) is 54.8 Å². The van der Waals surface area contributed by atoms with E-state index in [-0.39, 0.29) is 16.7 Å². The minimum absolute atomic E-state index is 0.00154. The number of amides is 1. The molecule has 0 saturated carbocycles. The highest BCUT2D eigenvalue weighted by Crippen LogP contribution is 2.26. The molecular formula is C22H23ClN6O3S. The number of nitrogens with one attached hydrogen (secondary N) is 2. The number of sulfonamides is 1. The molecule has 1 aromatic heterocycles. The topological polar surface area (TPSA) is 130 Å². The predicted molar refractivity (Wildman–Crippen MR) is 127 cm³/mol. The van der Waals surface area contributed by atoms with E-state index in [1.54, 1.807) is 23.2 Å². The number of aryl methyl sites for hydroxylation is 1. The number of aromatic nitrogens is 2. The van der Waals surface area contributed by atoms with E-state index in [1.807, 2.05) is 19.1 Å². The SMILES string of the molecule is Cc1cnc(Nc2cccc(S(N)(=O)=O)c2)nc1Nc1ccc2c(c1)CCN(C(=O)CCl)C2. The maximum atomic E-state index is 11.9. The van der Waals surface area contributed by atoms with E-state index in [2.05, 4.69) is 26.7 Å². The fraction of sp³-hybridized carbons (Fsp3) is 0.227. The Bertz CT molecular complexity index is 1320. The number of benzene rings is 2. The number of hydrogen-bond acceptors (Lipinski definition) is 7. The van der Waals surface area contributed by atoms with Crippen LogP contribution in [0.1, 0.15) is 16.7 Å². The van der Waals surface area contributed by atoms with Crippen molar-refractivity contribution in [2.75, 3.05) is 23.1 Å². The first-order valence-electron chi connectivity index (χ1n) is 10.2. The molecule has 0 saturated heterocycles. The Labute approximate surface area is 197 Å². The summed E-state index contributed by atoms with van der Waals surface area (Å²) in [6.07, 6.45) is 2.43. The van der Waals surface area contributed by atoms with Gasteiger partial charge in [0, 0.05) is 36.2 Å². The third-order valence-corrected chi connectivity index (χ3v) is 6.48. The molecule has 2 heterocycles. The standard InChI is InChI=1S/C22H23ClN6O3S/c1-14-12-25-22(27-17-3-2-4-19(10-17)33(24,31)32)28-21(14)26-18-6-5-16-13-29(20(30)11-23)8-7-15(16)9-18/h2-6,9-10,12H,7-8,11,13H2,1H3,(H2,24,31,32)(H2,25,26,27,28). The molecule has 4 N–H and O–H groups in total. The van der Waals surface area contributed by atoms with Crippen LogP contribution in [0.3, 0.4) is 0 Å². The third-order valence-electron chi connectivity index (χ3n) is 5.34. The number of primary sulfonamides is 1. The summed E-state index contributed by atoms with van der Waals surface area (Å²) >= 11 is 5.68. The van der Waals surface area contributed by atoms with Crippen molar-refractivity contribution in [2.45, 2.75) is 24.8 Å². The van der Waals surface area contributed by atoms with Gasteiger partial charge in [-0.2, -0.15) is 4.98 Å². The number of nitrogens with zero attached hydrogens (tertiary/aromatic N) is 3. The smallest absolute Gasteiger partial charge is 0.238 e. The molecule has 4 rings (SSSR count). The number of alkyl halides is 1. The van der Waals surface area contributed by atoms with Gasteiger partial charge in [0.2, 0.25) is 21.9 Å². The molecule has 0 aliphatic carbocycles. The molecule has 2 aromatic carbocycles. The summed E-state index contributed by atoms with van der Waals surface area (Å²) in [5, 5.41) is 11.5. The van der Waals surface area contributed by atoms with E-state index < -0.39 is 10.0 Å². The van der Waals surface area contributed by atoms with Crippen molar-refractivity contribution in [1.82, 2.24) is 14.9 Å². The summed E-state index contributed by atoms with van der Waals surface area (Å²) in [5.41, 5.74) is 4.48. The lowest BCUT2D eigenvalue weighted by Crippen LogP contribution is -2.36. The molecule has 1 amide bonds. The van der Waals surface area contributed by atoms with Crippen molar-refractivity contribution in [3.05, 3.63) is 65.4 Å². The van der Waals surface area contributed by atoms with Crippen molar-refractivity contribution >= 4 is 50.7 Å². The van der Waals surface area contributed by atoms with Crippen LogP contribution in [-0.2, 0) is 27.8 Å². The van der Waals surface area contributed by atoms with Gasteiger partial charge in [0.1, 0.15) is 11.7 Å². The van der Waals surface area contributed by atoms with Gasteiger partial charge in [0.25, 0.3) is 0 Å². The van der Waals surface area contributed by atoms with Gasteiger partial charge >= 0.3 is 0 Å². The fourth-order valence-corrected chi connectivity index (χ4v) is 4.30. The predicted octanol–water partition coefficient (Wildman–Crippen LogP) is 3.04. The Morgan fingerprint density at radius 3 is 2.70 bits per heavy atom. The van der Waals surface area contributed by atoms with Gasteiger partial charge in [0.05, 0.1) is 4.90 Å². The zero-order valence-electron chi connectivity index (χ0n) is 17.9. The van der Waals surface area contributed by atoms with Crippen molar-refractivity contribution in [1.29, 1.82) is 0 Å². The molecular weight excluding hydrogens is 464 g/mol. The summed E-state index contributed by atoms with van der Waals surface area (Å²) in [6, 6.07) is 12.1. The second kappa shape index (κ2) is 9.34. The van der Waals surface area contributed by atoms with Crippen LogP contribution in [0, 0.1) is 6.92 Å². The van der Waals surface area contributed by atoms with Gasteiger partial charge in [0.15, 0.2) is 0 Å². The number of rotatable bonds is 6. The Morgan fingerprint density at radius 2 is 1.94 bits per heavy atom. The lowest BCUT2D eigenvalue weighted by Gasteiger charge is -2.28. The second-order valence-corrected chi connectivity index (χ2v) is 9.56. The summed E-state index contributed by atoms with van der Waals surface area (Å²) in [6.45, 7) is 3.08. The van der Waals surface area contributed by atoms with E-state index in [4.69, 9.17) is 16.7 Å². The highest BCUT2D eigenvalue weighted by molar-refractivity contribution is 7.89. The number of carbonyl (C=O) groups is 1. The summed E-state index contributed by atoms with van der Waals surface area (Å²) in [7, 11) is -3.81. The highest BCUT2D eigenvalue weighted by atomic mass is 35.5. The Balaban J connectivity index is 1.52. The Kier molecular flexibility index (Phi) is 6.50. The molecule has 11 heteroatoms. The molecule has 9 nitrogen and oxygen atoms in total. The molecule has 1 aliphatic heterocycles. The normalized spacial score (nSPS) is 13.4. The molecule has 172 valence electrons. The van der Waals surface area contributed by atoms with E-state index >= 15 is 0 Å².